The molecule has 3 heteroatoms. The highest BCUT2D eigenvalue weighted by atomic mass is 19.1. The van der Waals surface area contributed by atoms with E-state index in [1.165, 1.54) is 0 Å². The maximum Gasteiger partial charge on any atom is 0.127 e. The molecule has 0 aliphatic heterocycles. The lowest BCUT2D eigenvalue weighted by Gasteiger charge is -2.03. The Morgan fingerprint density at radius 2 is 2.13 bits per heavy atom. The maximum absolute atomic E-state index is 13.6. The Kier molecular flexibility index (Phi) is 3.02. The van der Waals surface area contributed by atoms with E-state index in [4.69, 9.17) is 5.73 Å². The van der Waals surface area contributed by atoms with E-state index in [1.807, 2.05) is 18.3 Å². The molecule has 0 unspecified atom stereocenters. The molecule has 0 amide bonds. The van der Waals surface area contributed by atoms with E-state index in [2.05, 4.69) is 4.98 Å². The van der Waals surface area contributed by atoms with E-state index in [1.54, 1.807) is 6.07 Å². The molecule has 2 nitrogen and oxygen atoms in total. The number of rotatable bonds is 4. The van der Waals surface area contributed by atoms with Crippen molar-refractivity contribution < 1.29 is 4.39 Å². The molecule has 1 heterocycles. The largest absolute Gasteiger partial charge is 0.361 e. The van der Waals surface area contributed by atoms with Crippen LogP contribution in [0.2, 0.25) is 0 Å². The van der Waals surface area contributed by atoms with Gasteiger partial charge in [-0.1, -0.05) is 0 Å². The van der Waals surface area contributed by atoms with Gasteiger partial charge in [-0.25, -0.2) is 4.39 Å². The fraction of sp³-hybridized carbons (Fsp3) is 0.333. The van der Waals surface area contributed by atoms with Gasteiger partial charge < -0.3 is 10.7 Å². The summed E-state index contributed by atoms with van der Waals surface area (Å²) < 4.78 is 13.6. The summed E-state index contributed by atoms with van der Waals surface area (Å²) in [6, 6.07) is 5.35. The summed E-state index contributed by atoms with van der Waals surface area (Å²) in [5.74, 6) is -0.112. The maximum atomic E-state index is 13.6. The number of unbranched alkanes of at least 4 members (excludes halogenated alkanes) is 1. The smallest absolute Gasteiger partial charge is 0.127 e. The van der Waals surface area contributed by atoms with Gasteiger partial charge in [0.1, 0.15) is 5.82 Å². The Morgan fingerprint density at radius 3 is 2.93 bits per heavy atom. The fourth-order valence-corrected chi connectivity index (χ4v) is 1.77. The number of halogens is 1. The summed E-state index contributed by atoms with van der Waals surface area (Å²) in [5, 5.41) is 0.926. The number of hydrogen-bond donors (Lipinski definition) is 2. The minimum atomic E-state index is -0.112. The van der Waals surface area contributed by atoms with E-state index in [0.29, 0.717) is 6.54 Å². The molecule has 15 heavy (non-hydrogen) atoms. The van der Waals surface area contributed by atoms with Gasteiger partial charge in [-0.05, 0) is 49.6 Å². The molecule has 0 saturated heterocycles. The molecule has 0 fully saturated rings. The molecular formula is C12H15FN2. The molecule has 2 rings (SSSR count). The number of aryl methyl sites for hydroxylation is 1. The lowest BCUT2D eigenvalue weighted by Crippen LogP contribution is -1.99. The van der Waals surface area contributed by atoms with Crippen molar-refractivity contribution in [3.63, 3.8) is 0 Å². The van der Waals surface area contributed by atoms with Gasteiger partial charge in [0, 0.05) is 17.1 Å². The molecule has 2 aromatic rings. The zero-order chi connectivity index (χ0) is 10.7. The van der Waals surface area contributed by atoms with Crippen LogP contribution in [0.25, 0.3) is 10.9 Å². The fourth-order valence-electron chi connectivity index (χ4n) is 1.77. The Balaban J connectivity index is 2.22. The zero-order valence-electron chi connectivity index (χ0n) is 8.59. The SMILES string of the molecule is NCCCCc1cc2[nH]ccc2cc1F. The Labute approximate surface area is 88.3 Å². The Hall–Kier alpha value is -1.35. The van der Waals surface area contributed by atoms with Gasteiger partial charge in [0.25, 0.3) is 0 Å². The second-order valence-electron chi connectivity index (χ2n) is 3.75. The number of fused-ring (bicyclic) bond motifs is 1. The van der Waals surface area contributed by atoms with Crippen LogP contribution in [-0.2, 0) is 6.42 Å². The van der Waals surface area contributed by atoms with Crippen molar-refractivity contribution in [1.29, 1.82) is 0 Å². The quantitative estimate of drug-likeness (QED) is 0.742. The first-order chi connectivity index (χ1) is 7.31. The number of benzene rings is 1. The predicted molar refractivity (Wildman–Crippen MR) is 60.2 cm³/mol. The van der Waals surface area contributed by atoms with Crippen LogP contribution in [0.15, 0.2) is 24.4 Å². The van der Waals surface area contributed by atoms with Gasteiger partial charge in [0.2, 0.25) is 0 Å². The molecule has 0 radical (unpaired) electrons. The molecule has 0 saturated carbocycles. The standard InChI is InChI=1S/C12H15FN2/c13-11-7-10-4-6-15-12(10)8-9(11)3-1-2-5-14/h4,6-8,15H,1-3,5,14H2. The third-order valence-corrected chi connectivity index (χ3v) is 2.62. The van der Waals surface area contributed by atoms with E-state index in [0.717, 1.165) is 35.7 Å². The summed E-state index contributed by atoms with van der Waals surface area (Å²) in [4.78, 5) is 3.09. The minimum Gasteiger partial charge on any atom is -0.361 e. The Morgan fingerprint density at radius 1 is 1.27 bits per heavy atom. The van der Waals surface area contributed by atoms with Gasteiger partial charge in [-0.3, -0.25) is 0 Å². The van der Waals surface area contributed by atoms with E-state index >= 15 is 0 Å². The van der Waals surface area contributed by atoms with Crippen LogP contribution in [0.5, 0.6) is 0 Å². The molecule has 1 aromatic carbocycles. The number of H-pyrrole nitrogens is 1. The summed E-state index contributed by atoms with van der Waals surface area (Å²) in [6.45, 7) is 0.673. The van der Waals surface area contributed by atoms with Crippen molar-refractivity contribution in [2.45, 2.75) is 19.3 Å². The van der Waals surface area contributed by atoms with Crippen molar-refractivity contribution >= 4 is 10.9 Å². The summed E-state index contributed by atoms with van der Waals surface area (Å²) >= 11 is 0. The first kappa shape index (κ1) is 10.2. The first-order valence-corrected chi connectivity index (χ1v) is 5.27. The van der Waals surface area contributed by atoms with Crippen molar-refractivity contribution in [1.82, 2.24) is 4.98 Å². The molecule has 80 valence electrons. The molecule has 0 spiro atoms. The van der Waals surface area contributed by atoms with Crippen LogP contribution in [0.1, 0.15) is 18.4 Å². The third-order valence-electron chi connectivity index (χ3n) is 2.62. The average Bonchev–Trinajstić information content (AvgIpc) is 2.65. The first-order valence-electron chi connectivity index (χ1n) is 5.27. The average molecular weight is 206 g/mol. The topological polar surface area (TPSA) is 41.8 Å². The normalized spacial score (nSPS) is 11.1. The second-order valence-corrected chi connectivity index (χ2v) is 3.75. The van der Waals surface area contributed by atoms with Crippen molar-refractivity contribution in [2.75, 3.05) is 6.54 Å². The van der Waals surface area contributed by atoms with E-state index < -0.39 is 0 Å². The molecule has 1 aromatic heterocycles. The van der Waals surface area contributed by atoms with Gasteiger partial charge >= 0.3 is 0 Å². The van der Waals surface area contributed by atoms with Crippen LogP contribution in [0, 0.1) is 5.82 Å². The van der Waals surface area contributed by atoms with Crippen molar-refractivity contribution in [3.8, 4) is 0 Å². The van der Waals surface area contributed by atoms with Crippen LogP contribution >= 0.6 is 0 Å². The Bertz CT molecular complexity index is 448. The second kappa shape index (κ2) is 4.45. The number of nitrogens with one attached hydrogen (secondary N) is 1. The van der Waals surface area contributed by atoms with Gasteiger partial charge in [-0.15, -0.1) is 0 Å². The molecule has 3 N–H and O–H groups in total. The van der Waals surface area contributed by atoms with Crippen LogP contribution in [0.3, 0.4) is 0 Å². The summed E-state index contributed by atoms with van der Waals surface area (Å²) in [6.07, 6.45) is 4.48. The zero-order valence-corrected chi connectivity index (χ0v) is 8.59. The van der Waals surface area contributed by atoms with E-state index in [9.17, 15) is 4.39 Å². The number of aromatic amines is 1. The lowest BCUT2D eigenvalue weighted by molar-refractivity contribution is 0.603. The molecular weight excluding hydrogens is 191 g/mol. The van der Waals surface area contributed by atoms with Gasteiger partial charge in [0.15, 0.2) is 0 Å². The van der Waals surface area contributed by atoms with E-state index in [-0.39, 0.29) is 5.82 Å². The van der Waals surface area contributed by atoms with Crippen LogP contribution in [-0.4, -0.2) is 11.5 Å². The monoisotopic (exact) mass is 206 g/mol. The third kappa shape index (κ3) is 2.18. The van der Waals surface area contributed by atoms with Crippen LogP contribution in [0.4, 0.5) is 4.39 Å². The van der Waals surface area contributed by atoms with Gasteiger partial charge in [0.05, 0.1) is 0 Å². The highest BCUT2D eigenvalue weighted by molar-refractivity contribution is 5.80. The summed E-state index contributed by atoms with van der Waals surface area (Å²) in [5.41, 5.74) is 7.18. The molecule has 0 aliphatic rings. The minimum absolute atomic E-state index is 0.112. The molecule has 0 atom stereocenters. The van der Waals surface area contributed by atoms with Gasteiger partial charge in [-0.2, -0.15) is 0 Å². The highest BCUT2D eigenvalue weighted by Crippen LogP contribution is 2.19. The van der Waals surface area contributed by atoms with Crippen LogP contribution < -0.4 is 5.73 Å². The van der Waals surface area contributed by atoms with Crippen molar-refractivity contribution in [3.05, 3.63) is 35.8 Å². The highest BCUT2D eigenvalue weighted by Gasteiger charge is 2.04. The predicted octanol–water partition coefficient (Wildman–Crippen LogP) is 2.59. The molecule has 0 aliphatic carbocycles. The summed E-state index contributed by atoms with van der Waals surface area (Å²) in [7, 11) is 0. The molecule has 0 bridgehead atoms. The number of nitrogens with two attached hydrogens (primary N) is 1. The number of aromatic nitrogens is 1. The lowest BCUT2D eigenvalue weighted by atomic mass is 10.1. The van der Waals surface area contributed by atoms with Crippen molar-refractivity contribution in [2.24, 2.45) is 5.73 Å². The number of hydrogen-bond acceptors (Lipinski definition) is 1.